The minimum absolute atomic E-state index is 0.0499. The van der Waals surface area contributed by atoms with Crippen molar-refractivity contribution in [1.29, 1.82) is 0 Å². The largest absolute Gasteiger partial charge is 0.364 e. The van der Waals surface area contributed by atoms with Gasteiger partial charge in [0.05, 0.1) is 16.8 Å². The quantitative estimate of drug-likeness (QED) is 0.553. The number of hydrogen-bond donors (Lipinski definition) is 1. The number of para-hydroxylation sites is 1. The Labute approximate surface area is 158 Å². The topological polar surface area (TPSA) is 94.8 Å². The predicted octanol–water partition coefficient (Wildman–Crippen LogP) is 2.64. The van der Waals surface area contributed by atoms with Crippen molar-refractivity contribution in [3.63, 3.8) is 0 Å². The van der Waals surface area contributed by atoms with E-state index >= 15 is 0 Å². The highest BCUT2D eigenvalue weighted by molar-refractivity contribution is 7.18. The van der Waals surface area contributed by atoms with E-state index in [0.29, 0.717) is 18.1 Å². The molecule has 0 bridgehead atoms. The third kappa shape index (κ3) is 3.99. The van der Waals surface area contributed by atoms with E-state index < -0.39 is 0 Å². The Morgan fingerprint density at radius 2 is 2.11 bits per heavy atom. The molecule has 0 saturated carbocycles. The number of aryl methyl sites for hydroxylation is 1. The van der Waals surface area contributed by atoms with Gasteiger partial charge in [0, 0.05) is 18.3 Å². The van der Waals surface area contributed by atoms with Crippen LogP contribution in [0.15, 0.2) is 48.5 Å². The molecule has 0 aliphatic heterocycles. The van der Waals surface area contributed by atoms with Gasteiger partial charge in [0.25, 0.3) is 0 Å². The maximum absolute atomic E-state index is 12.1. The average molecular weight is 380 g/mol. The van der Waals surface area contributed by atoms with Crippen LogP contribution in [0.2, 0.25) is 0 Å². The van der Waals surface area contributed by atoms with Gasteiger partial charge in [0.15, 0.2) is 5.82 Å². The van der Waals surface area contributed by atoms with E-state index in [1.807, 2.05) is 42.5 Å². The first-order chi connectivity index (χ1) is 13.2. The molecule has 0 saturated heterocycles. The first kappa shape index (κ1) is 17.3. The molecule has 8 nitrogen and oxygen atoms in total. The lowest BCUT2D eigenvalue weighted by molar-refractivity contribution is -0.121. The zero-order chi connectivity index (χ0) is 18.6. The monoisotopic (exact) mass is 380 g/mol. The molecule has 1 amide bonds. The molecule has 2 aromatic heterocycles. The molecule has 1 N–H and O–H groups in total. The van der Waals surface area contributed by atoms with Crippen LogP contribution in [0, 0.1) is 0 Å². The number of aromatic nitrogens is 5. The fraction of sp³-hybridized carbons (Fsp3) is 0.167. The van der Waals surface area contributed by atoms with Crippen LogP contribution in [0.1, 0.15) is 5.01 Å². The van der Waals surface area contributed by atoms with E-state index in [1.54, 1.807) is 29.1 Å². The van der Waals surface area contributed by atoms with E-state index in [9.17, 15) is 4.79 Å². The van der Waals surface area contributed by atoms with Gasteiger partial charge in [-0.1, -0.05) is 24.3 Å². The summed E-state index contributed by atoms with van der Waals surface area (Å²) in [5.74, 6) is 0.391. The minimum Gasteiger partial charge on any atom is -0.364 e. The van der Waals surface area contributed by atoms with Gasteiger partial charge in [-0.05, 0) is 34.7 Å². The number of hydrogen-bond acceptors (Lipinski definition) is 7. The van der Waals surface area contributed by atoms with Crippen molar-refractivity contribution < 1.29 is 9.53 Å². The number of carbonyl (C=O) groups excluding carboxylic acids is 1. The number of tetrazole rings is 1. The Balaban J connectivity index is 1.33. The summed E-state index contributed by atoms with van der Waals surface area (Å²) in [6.45, 7) is 0.253. The molecule has 0 spiro atoms. The average Bonchev–Trinajstić information content (AvgIpc) is 3.27. The summed E-state index contributed by atoms with van der Waals surface area (Å²) in [7, 11) is 1.76. The lowest BCUT2D eigenvalue weighted by atomic mass is 10.2. The van der Waals surface area contributed by atoms with E-state index in [1.165, 1.54) is 0 Å². The second kappa shape index (κ2) is 7.60. The van der Waals surface area contributed by atoms with Gasteiger partial charge in [0.1, 0.15) is 11.6 Å². The number of benzene rings is 2. The number of carbonyl (C=O) groups is 1. The van der Waals surface area contributed by atoms with E-state index in [4.69, 9.17) is 4.74 Å². The van der Waals surface area contributed by atoms with Crippen LogP contribution in [-0.2, 0) is 23.2 Å². The summed E-state index contributed by atoms with van der Waals surface area (Å²) in [4.78, 5) is 16.6. The SMILES string of the molecule is Cn1nnnc1-c1cccc(NC(=O)COCc2nc3ccccc3s2)c1. The van der Waals surface area contributed by atoms with Crippen molar-refractivity contribution >= 4 is 33.1 Å². The van der Waals surface area contributed by atoms with E-state index in [-0.39, 0.29) is 12.5 Å². The van der Waals surface area contributed by atoms with Gasteiger partial charge in [-0.3, -0.25) is 4.79 Å². The summed E-state index contributed by atoms with van der Waals surface area (Å²) in [6.07, 6.45) is 0. The summed E-state index contributed by atoms with van der Waals surface area (Å²) < 4.78 is 8.18. The molecule has 136 valence electrons. The molecule has 0 unspecified atom stereocenters. The second-order valence-electron chi connectivity index (χ2n) is 5.82. The van der Waals surface area contributed by atoms with E-state index in [0.717, 1.165) is 20.8 Å². The van der Waals surface area contributed by atoms with Crippen LogP contribution >= 0.6 is 11.3 Å². The molecule has 4 aromatic rings. The summed E-state index contributed by atoms with van der Waals surface area (Å²) in [5, 5.41) is 15.1. The fourth-order valence-corrected chi connectivity index (χ4v) is 3.52. The number of anilines is 1. The maximum Gasteiger partial charge on any atom is 0.250 e. The molecular formula is C18H16N6O2S. The smallest absolute Gasteiger partial charge is 0.250 e. The van der Waals surface area contributed by atoms with Crippen LogP contribution in [-0.4, -0.2) is 37.7 Å². The molecule has 27 heavy (non-hydrogen) atoms. The molecular weight excluding hydrogens is 364 g/mol. The van der Waals surface area contributed by atoms with Crippen LogP contribution in [0.4, 0.5) is 5.69 Å². The van der Waals surface area contributed by atoms with Crippen LogP contribution in [0.5, 0.6) is 0 Å². The molecule has 2 heterocycles. The lowest BCUT2D eigenvalue weighted by Crippen LogP contribution is -2.18. The number of ether oxygens (including phenoxy) is 1. The van der Waals surface area contributed by atoms with Crippen molar-refractivity contribution in [3.05, 3.63) is 53.5 Å². The summed E-state index contributed by atoms with van der Waals surface area (Å²) in [6, 6.07) is 15.2. The van der Waals surface area contributed by atoms with Crippen LogP contribution in [0.25, 0.3) is 21.6 Å². The number of nitrogens with zero attached hydrogens (tertiary/aromatic N) is 5. The van der Waals surface area contributed by atoms with Gasteiger partial charge >= 0.3 is 0 Å². The van der Waals surface area contributed by atoms with Gasteiger partial charge < -0.3 is 10.1 Å². The number of thiazole rings is 1. The molecule has 0 atom stereocenters. The Morgan fingerprint density at radius 3 is 2.93 bits per heavy atom. The van der Waals surface area contributed by atoms with Crippen LogP contribution < -0.4 is 5.32 Å². The molecule has 0 fully saturated rings. The third-order valence-corrected chi connectivity index (χ3v) is 4.83. The predicted molar refractivity (Wildman–Crippen MR) is 102 cm³/mol. The molecule has 0 aliphatic rings. The van der Waals surface area contributed by atoms with Crippen molar-refractivity contribution in [2.24, 2.45) is 7.05 Å². The van der Waals surface area contributed by atoms with Crippen LogP contribution in [0.3, 0.4) is 0 Å². The minimum atomic E-state index is -0.232. The fourth-order valence-electron chi connectivity index (χ4n) is 2.62. The number of fused-ring (bicyclic) bond motifs is 1. The van der Waals surface area contributed by atoms with Crippen molar-refractivity contribution in [3.8, 4) is 11.4 Å². The first-order valence-corrected chi connectivity index (χ1v) is 9.05. The Morgan fingerprint density at radius 1 is 1.22 bits per heavy atom. The molecule has 4 rings (SSSR count). The van der Waals surface area contributed by atoms with E-state index in [2.05, 4.69) is 25.8 Å². The Bertz CT molecular complexity index is 1060. The van der Waals surface area contributed by atoms with Gasteiger partial charge in [0.2, 0.25) is 5.91 Å². The number of nitrogens with one attached hydrogen (secondary N) is 1. The maximum atomic E-state index is 12.1. The van der Waals surface area contributed by atoms with Gasteiger partial charge in [-0.2, -0.15) is 0 Å². The first-order valence-electron chi connectivity index (χ1n) is 8.24. The van der Waals surface area contributed by atoms with Gasteiger partial charge in [-0.15, -0.1) is 16.4 Å². The molecule has 9 heteroatoms. The standard InChI is InChI=1S/C18H16N6O2S/c1-24-18(21-22-23-24)12-5-4-6-13(9-12)19-16(25)10-26-11-17-20-14-7-2-3-8-15(14)27-17/h2-9H,10-11H2,1H3,(H,19,25). The van der Waals surface area contributed by atoms with Gasteiger partial charge in [-0.25, -0.2) is 9.67 Å². The third-order valence-electron chi connectivity index (χ3n) is 3.82. The zero-order valence-corrected chi connectivity index (χ0v) is 15.3. The van der Waals surface area contributed by atoms with Crippen molar-refractivity contribution in [2.75, 3.05) is 11.9 Å². The highest BCUT2D eigenvalue weighted by atomic mass is 32.1. The van der Waals surface area contributed by atoms with Crippen molar-refractivity contribution in [2.45, 2.75) is 6.61 Å². The molecule has 0 radical (unpaired) electrons. The highest BCUT2D eigenvalue weighted by Crippen LogP contribution is 2.22. The Hall–Kier alpha value is -3.17. The molecule has 2 aromatic carbocycles. The summed E-state index contributed by atoms with van der Waals surface area (Å²) in [5.41, 5.74) is 2.42. The Kier molecular flexibility index (Phi) is 4.86. The second-order valence-corrected chi connectivity index (χ2v) is 6.94. The summed E-state index contributed by atoms with van der Waals surface area (Å²) >= 11 is 1.57. The highest BCUT2D eigenvalue weighted by Gasteiger charge is 2.09. The zero-order valence-electron chi connectivity index (χ0n) is 14.5. The lowest BCUT2D eigenvalue weighted by Gasteiger charge is -2.07. The normalized spacial score (nSPS) is 11.0. The number of amides is 1. The number of rotatable bonds is 6. The molecule has 0 aliphatic carbocycles. The van der Waals surface area contributed by atoms with Crippen molar-refractivity contribution in [1.82, 2.24) is 25.2 Å².